The smallest absolute Gasteiger partial charge is 0.0788 e. The maximum absolute atomic E-state index is 11.2. The van der Waals surface area contributed by atoms with Crippen molar-refractivity contribution < 1.29 is 14.9 Å². The first kappa shape index (κ1) is 24.7. The summed E-state index contributed by atoms with van der Waals surface area (Å²) in [6.45, 7) is 14.2. The topological polar surface area (TPSA) is 49.7 Å². The van der Waals surface area contributed by atoms with Gasteiger partial charge in [0.2, 0.25) is 0 Å². The summed E-state index contributed by atoms with van der Waals surface area (Å²) >= 11 is 0. The van der Waals surface area contributed by atoms with Gasteiger partial charge in [-0.05, 0) is 104 Å². The van der Waals surface area contributed by atoms with Crippen LogP contribution in [0.2, 0.25) is 0 Å². The minimum Gasteiger partial charge on any atom is -0.393 e. The normalized spacial score (nSPS) is 46.6. The van der Waals surface area contributed by atoms with Crippen LogP contribution in [0.25, 0.3) is 0 Å². The summed E-state index contributed by atoms with van der Waals surface area (Å²) in [5.41, 5.74) is 2.00. The first-order valence-electron chi connectivity index (χ1n) is 13.6. The van der Waals surface area contributed by atoms with Crippen molar-refractivity contribution in [2.24, 2.45) is 52.3 Å². The van der Waals surface area contributed by atoms with Crippen molar-refractivity contribution in [3.63, 3.8) is 0 Å². The van der Waals surface area contributed by atoms with E-state index < -0.39 is 0 Å². The summed E-state index contributed by atoms with van der Waals surface area (Å²) in [4.78, 5) is 0. The van der Waals surface area contributed by atoms with E-state index in [4.69, 9.17) is 4.74 Å². The Labute approximate surface area is 197 Å². The van der Waals surface area contributed by atoms with Gasteiger partial charge in [0, 0.05) is 7.11 Å². The Balaban J connectivity index is 1.58. The molecule has 0 aromatic carbocycles. The van der Waals surface area contributed by atoms with Crippen LogP contribution in [-0.2, 0) is 4.74 Å². The Morgan fingerprint density at radius 2 is 1.75 bits per heavy atom. The molecule has 4 rings (SSSR count). The van der Waals surface area contributed by atoms with Crippen LogP contribution in [0.3, 0.4) is 0 Å². The molecule has 0 aliphatic heterocycles. The molecule has 0 radical (unpaired) electrons. The molecule has 0 aromatic heterocycles. The molecular weight excluding hydrogens is 396 g/mol. The average molecular weight is 447 g/mol. The third-order valence-corrected chi connectivity index (χ3v) is 11.4. The van der Waals surface area contributed by atoms with Gasteiger partial charge in [-0.3, -0.25) is 0 Å². The second kappa shape index (κ2) is 9.00. The number of aliphatic hydroxyl groups is 2. The molecule has 0 heterocycles. The van der Waals surface area contributed by atoms with Gasteiger partial charge in [0.25, 0.3) is 0 Å². The second-order valence-electron chi connectivity index (χ2n) is 13.1. The summed E-state index contributed by atoms with van der Waals surface area (Å²) in [7, 11) is 1.89. The van der Waals surface area contributed by atoms with Crippen LogP contribution in [0.5, 0.6) is 0 Å². The number of aliphatic hydroxyl groups excluding tert-OH is 2. The molecule has 11 atom stereocenters. The number of hydrogen-bond donors (Lipinski definition) is 2. The van der Waals surface area contributed by atoms with Crippen molar-refractivity contribution in [3.05, 3.63) is 11.6 Å². The molecule has 184 valence electrons. The fourth-order valence-electron chi connectivity index (χ4n) is 8.87. The van der Waals surface area contributed by atoms with E-state index in [1.54, 1.807) is 0 Å². The number of fused-ring (bicyclic) bond motifs is 5. The largest absolute Gasteiger partial charge is 0.393 e. The van der Waals surface area contributed by atoms with Crippen LogP contribution in [0.4, 0.5) is 0 Å². The van der Waals surface area contributed by atoms with Gasteiger partial charge in [-0.2, -0.15) is 0 Å². The van der Waals surface area contributed by atoms with Crippen LogP contribution < -0.4 is 0 Å². The van der Waals surface area contributed by atoms with E-state index in [9.17, 15) is 10.2 Å². The van der Waals surface area contributed by atoms with Crippen molar-refractivity contribution in [1.29, 1.82) is 0 Å². The van der Waals surface area contributed by atoms with E-state index in [0.29, 0.717) is 46.8 Å². The standard InChI is InChI=1S/C29H50O3/c1-17(2)18(3)14-25(31)19(4)22-8-9-23-27-24(11-13-29(22,23)6)28(5)12-10-21(30)15-20(28)16-26(27)32-7/h16-19,21-27,30-31H,8-15H2,1-7H3/t18-,19-,21-,22?,23?,24?,25+,26?,27?,28-,29+/m0/s1. The molecule has 4 aliphatic rings. The van der Waals surface area contributed by atoms with E-state index in [1.165, 1.54) is 31.3 Å². The molecule has 2 N–H and O–H groups in total. The van der Waals surface area contributed by atoms with Crippen LogP contribution >= 0.6 is 0 Å². The molecule has 0 bridgehead atoms. The van der Waals surface area contributed by atoms with Gasteiger partial charge in [-0.25, -0.2) is 0 Å². The minimum absolute atomic E-state index is 0.177. The quantitative estimate of drug-likeness (QED) is 0.475. The SMILES string of the molecule is COC1C=C2C[C@@H](O)CC[C@]2(C)C2CC[C@@]3(C)C(CCC3[C@H](C)[C@H](O)C[C@H](C)C(C)C)C12. The number of methoxy groups -OCH3 is 1. The predicted octanol–water partition coefficient (Wildman–Crippen LogP) is 6.23. The van der Waals surface area contributed by atoms with Crippen LogP contribution in [0, 0.1) is 52.3 Å². The van der Waals surface area contributed by atoms with Crippen molar-refractivity contribution in [2.75, 3.05) is 7.11 Å². The molecule has 3 saturated carbocycles. The Bertz CT molecular complexity index is 701. The van der Waals surface area contributed by atoms with Gasteiger partial charge in [0.05, 0.1) is 18.3 Å². The maximum atomic E-state index is 11.2. The molecule has 0 saturated heterocycles. The van der Waals surface area contributed by atoms with Gasteiger partial charge in [-0.15, -0.1) is 0 Å². The fourth-order valence-corrected chi connectivity index (χ4v) is 8.87. The molecule has 3 fully saturated rings. The van der Waals surface area contributed by atoms with Gasteiger partial charge in [-0.1, -0.05) is 53.2 Å². The third kappa shape index (κ3) is 3.93. The Morgan fingerprint density at radius 3 is 2.41 bits per heavy atom. The van der Waals surface area contributed by atoms with Crippen LogP contribution in [0.15, 0.2) is 11.6 Å². The first-order chi connectivity index (χ1) is 15.0. The van der Waals surface area contributed by atoms with Crippen molar-refractivity contribution in [3.8, 4) is 0 Å². The van der Waals surface area contributed by atoms with E-state index in [1.807, 2.05) is 7.11 Å². The zero-order valence-corrected chi connectivity index (χ0v) is 21.8. The predicted molar refractivity (Wildman–Crippen MR) is 131 cm³/mol. The summed E-state index contributed by atoms with van der Waals surface area (Å²) in [5.74, 6) is 4.07. The highest BCUT2D eigenvalue weighted by Crippen LogP contribution is 2.67. The Hall–Kier alpha value is -0.380. The molecule has 4 aliphatic carbocycles. The van der Waals surface area contributed by atoms with Crippen LogP contribution in [0.1, 0.15) is 92.9 Å². The highest BCUT2D eigenvalue weighted by atomic mass is 16.5. The number of ether oxygens (including phenoxy) is 1. The summed E-state index contributed by atoms with van der Waals surface area (Å²) in [6.07, 6.45) is 11.1. The number of rotatable bonds is 6. The molecule has 0 aromatic rings. The second-order valence-corrected chi connectivity index (χ2v) is 13.1. The lowest BCUT2D eigenvalue weighted by molar-refractivity contribution is -0.111. The van der Waals surface area contributed by atoms with E-state index in [-0.39, 0.29) is 23.7 Å². The lowest BCUT2D eigenvalue weighted by Crippen LogP contribution is -2.55. The highest BCUT2D eigenvalue weighted by Gasteiger charge is 2.61. The lowest BCUT2D eigenvalue weighted by atomic mass is 9.46. The van der Waals surface area contributed by atoms with Gasteiger partial charge >= 0.3 is 0 Å². The van der Waals surface area contributed by atoms with Crippen molar-refractivity contribution in [1.82, 2.24) is 0 Å². The van der Waals surface area contributed by atoms with Crippen molar-refractivity contribution >= 4 is 0 Å². The summed E-state index contributed by atoms with van der Waals surface area (Å²) < 4.78 is 6.16. The first-order valence-corrected chi connectivity index (χ1v) is 13.6. The maximum Gasteiger partial charge on any atom is 0.0788 e. The van der Waals surface area contributed by atoms with Gasteiger partial charge in [0.15, 0.2) is 0 Å². The zero-order chi connectivity index (χ0) is 23.4. The highest BCUT2D eigenvalue weighted by molar-refractivity contribution is 5.28. The molecule has 0 spiro atoms. The Morgan fingerprint density at radius 1 is 1.03 bits per heavy atom. The molecule has 0 amide bonds. The average Bonchev–Trinajstić information content (AvgIpc) is 3.10. The Kier molecular flexibility index (Phi) is 6.96. The van der Waals surface area contributed by atoms with Crippen LogP contribution in [-0.4, -0.2) is 35.6 Å². The van der Waals surface area contributed by atoms with Crippen molar-refractivity contribution in [2.45, 2.75) is 111 Å². The monoisotopic (exact) mass is 446 g/mol. The third-order valence-electron chi connectivity index (χ3n) is 11.4. The fraction of sp³-hybridized carbons (Fsp3) is 0.931. The van der Waals surface area contributed by atoms with Gasteiger partial charge in [0.1, 0.15) is 0 Å². The molecule has 3 nitrogen and oxygen atoms in total. The molecule has 3 heteroatoms. The van der Waals surface area contributed by atoms with Gasteiger partial charge < -0.3 is 14.9 Å². The minimum atomic E-state index is -0.195. The lowest BCUT2D eigenvalue weighted by Gasteiger charge is -2.60. The summed E-state index contributed by atoms with van der Waals surface area (Å²) in [5, 5.41) is 21.5. The zero-order valence-electron chi connectivity index (χ0n) is 21.8. The molecular formula is C29H50O3. The summed E-state index contributed by atoms with van der Waals surface area (Å²) in [6, 6.07) is 0. The van der Waals surface area contributed by atoms with E-state index in [2.05, 4.69) is 47.6 Å². The number of hydrogen-bond acceptors (Lipinski definition) is 3. The van der Waals surface area contributed by atoms with E-state index >= 15 is 0 Å². The molecule has 32 heavy (non-hydrogen) atoms. The van der Waals surface area contributed by atoms with E-state index in [0.717, 1.165) is 25.7 Å². The molecule has 5 unspecified atom stereocenters.